The van der Waals surface area contributed by atoms with Gasteiger partial charge in [0.2, 0.25) is 0 Å². The topological polar surface area (TPSA) is 23.8 Å². The Kier molecular flexibility index (Phi) is 3.53. The monoisotopic (exact) mass is 237 g/mol. The fourth-order valence-electron chi connectivity index (χ4n) is 1.09. The van der Waals surface area contributed by atoms with Crippen LogP contribution in [0.1, 0.15) is 11.1 Å². The largest absolute Gasteiger partial charge is 0.206 e. The van der Waals surface area contributed by atoms with Crippen LogP contribution < -0.4 is 0 Å². The molecule has 0 fully saturated rings. The lowest BCUT2D eigenvalue weighted by atomic mass is 10.1. The molecule has 0 heterocycles. The van der Waals surface area contributed by atoms with Gasteiger partial charge >= 0.3 is 0 Å². The molecule has 1 aromatic carbocycles. The van der Waals surface area contributed by atoms with Crippen LogP contribution >= 0.6 is 11.6 Å². The second-order valence-corrected chi connectivity index (χ2v) is 2.95. The predicted octanol–water partition coefficient (Wildman–Crippen LogP) is 3.05. The van der Waals surface area contributed by atoms with E-state index in [1.165, 1.54) is 6.07 Å². The first-order chi connectivity index (χ1) is 7.04. The van der Waals surface area contributed by atoms with E-state index >= 15 is 0 Å². The average Bonchev–Trinajstić information content (AvgIpc) is 2.22. The molecule has 0 bridgehead atoms. The van der Waals surface area contributed by atoms with Crippen molar-refractivity contribution in [3.05, 3.63) is 34.4 Å². The zero-order valence-electron chi connectivity index (χ0n) is 7.25. The molecule has 0 aliphatic rings. The highest BCUT2D eigenvalue weighted by atomic mass is 35.5. The molecule has 1 nitrogen and oxygen atoms in total. The first-order valence-electron chi connectivity index (χ1n) is 3.81. The molecule has 6 heteroatoms. The lowest BCUT2D eigenvalue weighted by Crippen LogP contribution is -2.07. The normalized spacial score (nSPS) is 10.1. The molecule has 1 rings (SSSR count). The van der Waals surface area contributed by atoms with Crippen molar-refractivity contribution >= 4 is 11.6 Å². The van der Waals surface area contributed by atoms with E-state index in [9.17, 15) is 17.6 Å². The summed E-state index contributed by atoms with van der Waals surface area (Å²) in [5.74, 6) is -7.07. The number of rotatable bonds is 2. The molecule has 80 valence electrons. The fourth-order valence-corrected chi connectivity index (χ4v) is 1.32. The minimum absolute atomic E-state index is 0.632. The summed E-state index contributed by atoms with van der Waals surface area (Å²) >= 11 is 5.18. The molecule has 0 amide bonds. The number of hydrogen-bond donors (Lipinski definition) is 0. The maximum absolute atomic E-state index is 13.3. The van der Waals surface area contributed by atoms with Gasteiger partial charge in [0.05, 0.1) is 18.4 Å². The summed E-state index contributed by atoms with van der Waals surface area (Å²) in [6.45, 7) is 0. The average molecular weight is 238 g/mol. The molecule has 0 radical (unpaired) electrons. The standard InChI is InChI=1S/C9H4ClF4N/c10-3-5-6(11)4(1-2-15)7(12)9(14)8(5)13/h1,3H2. The second kappa shape index (κ2) is 4.49. The van der Waals surface area contributed by atoms with Crippen LogP contribution in [0.2, 0.25) is 0 Å². The Hall–Kier alpha value is -1.28. The smallest absolute Gasteiger partial charge is 0.195 e. The van der Waals surface area contributed by atoms with Crippen LogP contribution in [-0.2, 0) is 12.3 Å². The maximum atomic E-state index is 13.3. The minimum atomic E-state index is -1.81. The minimum Gasteiger partial charge on any atom is -0.206 e. The second-order valence-electron chi connectivity index (χ2n) is 2.68. The van der Waals surface area contributed by atoms with Crippen molar-refractivity contribution in [2.24, 2.45) is 0 Å². The van der Waals surface area contributed by atoms with Crippen molar-refractivity contribution in [2.75, 3.05) is 0 Å². The van der Waals surface area contributed by atoms with Crippen LogP contribution in [-0.4, -0.2) is 0 Å². The fraction of sp³-hybridized carbons (Fsp3) is 0.222. The highest BCUT2D eigenvalue weighted by Gasteiger charge is 2.24. The Morgan fingerprint density at radius 1 is 0.933 bits per heavy atom. The van der Waals surface area contributed by atoms with Crippen molar-refractivity contribution in [1.29, 1.82) is 5.26 Å². The molecule has 0 aliphatic heterocycles. The summed E-state index contributed by atoms with van der Waals surface area (Å²) < 4.78 is 52.0. The molecule has 0 atom stereocenters. The van der Waals surface area contributed by atoms with Crippen LogP contribution in [0.5, 0.6) is 0 Å². The third kappa shape index (κ3) is 1.90. The van der Waals surface area contributed by atoms with Gasteiger partial charge in [0.15, 0.2) is 17.5 Å². The third-order valence-corrected chi connectivity index (χ3v) is 2.10. The highest BCUT2D eigenvalue weighted by molar-refractivity contribution is 6.17. The number of hydrogen-bond acceptors (Lipinski definition) is 1. The van der Waals surface area contributed by atoms with E-state index in [0.717, 1.165) is 0 Å². The van der Waals surface area contributed by atoms with Gasteiger partial charge in [0, 0.05) is 11.1 Å². The van der Waals surface area contributed by atoms with Crippen LogP contribution in [0, 0.1) is 34.6 Å². The Labute approximate surface area is 87.9 Å². The highest BCUT2D eigenvalue weighted by Crippen LogP contribution is 2.25. The van der Waals surface area contributed by atoms with Crippen LogP contribution in [0.25, 0.3) is 0 Å². The first kappa shape index (κ1) is 11.8. The van der Waals surface area contributed by atoms with Crippen LogP contribution in [0.15, 0.2) is 0 Å². The van der Waals surface area contributed by atoms with Gasteiger partial charge in [-0.1, -0.05) is 0 Å². The SMILES string of the molecule is N#CCc1c(F)c(F)c(F)c(CCl)c1F. The van der Waals surface area contributed by atoms with Gasteiger partial charge in [-0.05, 0) is 0 Å². The number of alkyl halides is 1. The Morgan fingerprint density at radius 3 is 1.93 bits per heavy atom. The Bertz CT molecular complexity index is 439. The van der Waals surface area contributed by atoms with Gasteiger partial charge in [0.1, 0.15) is 5.82 Å². The van der Waals surface area contributed by atoms with Crippen LogP contribution in [0.3, 0.4) is 0 Å². The molecule has 0 N–H and O–H groups in total. The summed E-state index contributed by atoms with van der Waals surface area (Å²) in [6.07, 6.45) is -0.682. The molecular formula is C9H4ClF4N. The van der Waals surface area contributed by atoms with Crippen molar-refractivity contribution in [3.8, 4) is 6.07 Å². The van der Waals surface area contributed by atoms with Crippen LogP contribution in [0.4, 0.5) is 17.6 Å². The molecular weight excluding hydrogens is 234 g/mol. The summed E-state index contributed by atoms with van der Waals surface area (Å²) in [7, 11) is 0. The maximum Gasteiger partial charge on any atom is 0.195 e. The zero-order chi connectivity index (χ0) is 11.6. The molecule has 0 saturated heterocycles. The van der Waals surface area contributed by atoms with Gasteiger partial charge in [-0.25, -0.2) is 17.6 Å². The summed E-state index contributed by atoms with van der Waals surface area (Å²) in [4.78, 5) is 0. The number of benzene rings is 1. The molecule has 1 aromatic rings. The van der Waals surface area contributed by atoms with Gasteiger partial charge in [0.25, 0.3) is 0 Å². The van der Waals surface area contributed by atoms with Gasteiger partial charge in [-0.3, -0.25) is 0 Å². The van der Waals surface area contributed by atoms with E-state index in [1.807, 2.05) is 0 Å². The number of nitrogens with zero attached hydrogens (tertiary/aromatic N) is 1. The van der Waals surface area contributed by atoms with Crippen molar-refractivity contribution in [1.82, 2.24) is 0 Å². The van der Waals surface area contributed by atoms with Gasteiger partial charge < -0.3 is 0 Å². The summed E-state index contributed by atoms with van der Waals surface area (Å²) in [6, 6.07) is 1.45. The molecule has 0 unspecified atom stereocenters. The van der Waals surface area contributed by atoms with E-state index in [-0.39, 0.29) is 0 Å². The molecule has 0 aliphatic carbocycles. The first-order valence-corrected chi connectivity index (χ1v) is 4.34. The summed E-state index contributed by atoms with van der Waals surface area (Å²) in [5.41, 5.74) is -1.56. The van der Waals surface area contributed by atoms with Gasteiger partial charge in [-0.15, -0.1) is 11.6 Å². The van der Waals surface area contributed by atoms with E-state index in [2.05, 4.69) is 0 Å². The Morgan fingerprint density at radius 2 is 1.47 bits per heavy atom. The van der Waals surface area contributed by atoms with Crippen molar-refractivity contribution in [2.45, 2.75) is 12.3 Å². The van der Waals surface area contributed by atoms with Gasteiger partial charge in [-0.2, -0.15) is 5.26 Å². The van der Waals surface area contributed by atoms with E-state index < -0.39 is 46.7 Å². The quantitative estimate of drug-likeness (QED) is 0.336. The molecule has 15 heavy (non-hydrogen) atoms. The lowest BCUT2D eigenvalue weighted by molar-refractivity contribution is 0.420. The lowest BCUT2D eigenvalue weighted by Gasteiger charge is -2.07. The third-order valence-electron chi connectivity index (χ3n) is 1.83. The molecule has 0 spiro atoms. The number of nitriles is 1. The molecule has 0 aromatic heterocycles. The van der Waals surface area contributed by atoms with Crippen molar-refractivity contribution in [3.63, 3.8) is 0 Å². The summed E-state index contributed by atoms with van der Waals surface area (Å²) in [5, 5.41) is 8.26. The Balaban J connectivity index is 3.54. The van der Waals surface area contributed by atoms with E-state index in [0.29, 0.717) is 0 Å². The van der Waals surface area contributed by atoms with E-state index in [1.54, 1.807) is 0 Å². The number of halogens is 5. The van der Waals surface area contributed by atoms with Crippen molar-refractivity contribution < 1.29 is 17.6 Å². The molecule has 0 saturated carbocycles. The predicted molar refractivity (Wildman–Crippen MR) is 45.1 cm³/mol. The van der Waals surface area contributed by atoms with E-state index in [4.69, 9.17) is 16.9 Å². The zero-order valence-corrected chi connectivity index (χ0v) is 8.01.